The highest BCUT2D eigenvalue weighted by molar-refractivity contribution is 9.10. The van der Waals surface area contributed by atoms with Gasteiger partial charge in [-0.2, -0.15) is 26.3 Å². The van der Waals surface area contributed by atoms with E-state index in [9.17, 15) is 36.2 Å². The van der Waals surface area contributed by atoms with Gasteiger partial charge in [-0.15, -0.1) is 0 Å². The zero-order chi connectivity index (χ0) is 29.0. The highest BCUT2D eigenvalue weighted by Crippen LogP contribution is 2.37. The molecule has 2 aromatic rings. The zero-order valence-corrected chi connectivity index (χ0v) is 23.2. The van der Waals surface area contributed by atoms with Crippen LogP contribution in [0.4, 0.5) is 37.1 Å². The summed E-state index contributed by atoms with van der Waals surface area (Å²) in [6.45, 7) is 9.57. The number of benzene rings is 1. The molecule has 1 aromatic carbocycles. The Morgan fingerprint density at radius 2 is 1.42 bits per heavy atom. The Hall–Kier alpha value is -2.57. The lowest BCUT2D eigenvalue weighted by Gasteiger charge is -2.45. The van der Waals surface area contributed by atoms with Gasteiger partial charge in [0.25, 0.3) is 0 Å². The first kappa shape index (κ1) is 31.6. The molecule has 1 amide bonds. The molecule has 2 heterocycles. The second-order valence-electron chi connectivity index (χ2n) is 9.99. The molecule has 1 fully saturated rings. The van der Waals surface area contributed by atoms with Gasteiger partial charge in [-0.25, -0.2) is 14.8 Å². The van der Waals surface area contributed by atoms with Crippen molar-refractivity contribution in [1.82, 2.24) is 14.9 Å². The molecule has 38 heavy (non-hydrogen) atoms. The molecule has 1 aromatic heterocycles. The third kappa shape index (κ3) is 8.74. The quantitative estimate of drug-likeness (QED) is 0.356. The number of likely N-dealkylation sites (tertiary alicyclic amines) is 1. The molecule has 6 nitrogen and oxygen atoms in total. The van der Waals surface area contributed by atoms with Gasteiger partial charge in [-0.3, -0.25) is 0 Å². The topological polar surface area (TPSA) is 69.6 Å². The predicted octanol–water partition coefficient (Wildman–Crippen LogP) is 7.87. The minimum absolute atomic E-state index is 0.0828. The fourth-order valence-electron chi connectivity index (χ4n) is 4.30. The Bertz CT molecular complexity index is 1030. The summed E-state index contributed by atoms with van der Waals surface area (Å²) in [5, 5.41) is 9.47. The van der Waals surface area contributed by atoms with Crippen molar-refractivity contribution in [1.29, 1.82) is 0 Å². The summed E-state index contributed by atoms with van der Waals surface area (Å²) in [5.41, 5.74) is -3.03. The van der Waals surface area contributed by atoms with Gasteiger partial charge in [-0.1, -0.05) is 20.8 Å². The van der Waals surface area contributed by atoms with Crippen LogP contribution in [-0.4, -0.2) is 44.2 Å². The molecule has 3 rings (SSSR count). The number of hydrogen-bond donors (Lipinski definition) is 1. The Morgan fingerprint density at radius 3 is 1.79 bits per heavy atom. The normalized spacial score (nSPS) is 20.1. The maximum absolute atomic E-state index is 13.3. The minimum Gasteiger partial charge on any atom is -0.465 e. The zero-order valence-electron chi connectivity index (χ0n) is 21.6. The van der Waals surface area contributed by atoms with Crippen molar-refractivity contribution in [2.24, 2.45) is 5.92 Å². The third-order valence-corrected chi connectivity index (χ3v) is 6.11. The smallest absolute Gasteiger partial charge is 0.416 e. The summed E-state index contributed by atoms with van der Waals surface area (Å²) >= 11 is 3.20. The van der Waals surface area contributed by atoms with Crippen LogP contribution in [-0.2, 0) is 18.9 Å². The molecule has 3 atom stereocenters. The van der Waals surface area contributed by atoms with Crippen molar-refractivity contribution in [2.75, 3.05) is 4.90 Å². The summed E-state index contributed by atoms with van der Waals surface area (Å²) in [7, 11) is 0. The van der Waals surface area contributed by atoms with E-state index in [4.69, 9.17) is 0 Å². The Balaban J connectivity index is 0.00000118. The van der Waals surface area contributed by atoms with Crippen LogP contribution in [0, 0.1) is 5.92 Å². The van der Waals surface area contributed by atoms with Crippen molar-refractivity contribution in [3.8, 4) is 0 Å². The van der Waals surface area contributed by atoms with Crippen LogP contribution in [0.3, 0.4) is 0 Å². The molecule has 1 aliphatic rings. The monoisotopic (exact) mass is 612 g/mol. The highest BCUT2D eigenvalue weighted by atomic mass is 79.9. The molecular weight excluding hydrogens is 582 g/mol. The van der Waals surface area contributed by atoms with Gasteiger partial charge in [0.1, 0.15) is 0 Å². The Labute approximate surface area is 226 Å². The van der Waals surface area contributed by atoms with E-state index in [1.54, 1.807) is 13.8 Å². The number of alkyl halides is 6. The molecule has 0 saturated carbocycles. The largest absolute Gasteiger partial charge is 0.465 e. The molecule has 212 valence electrons. The van der Waals surface area contributed by atoms with Crippen LogP contribution >= 0.6 is 15.9 Å². The molecule has 0 spiro atoms. The van der Waals surface area contributed by atoms with Crippen LogP contribution < -0.4 is 4.90 Å². The Kier molecular flexibility index (Phi) is 10.4. The van der Waals surface area contributed by atoms with Crippen molar-refractivity contribution in [3.05, 3.63) is 51.8 Å². The first-order valence-electron chi connectivity index (χ1n) is 11.9. The number of anilines is 1. The number of nitrogens with zero attached hydrogens (tertiary/aromatic N) is 4. The molecule has 0 bridgehead atoms. The first-order chi connectivity index (χ1) is 17.4. The molecule has 0 radical (unpaired) electrons. The lowest BCUT2D eigenvalue weighted by Crippen LogP contribution is -2.55. The number of halogens is 7. The van der Waals surface area contributed by atoms with E-state index in [1.165, 1.54) is 22.2 Å². The lowest BCUT2D eigenvalue weighted by atomic mass is 9.91. The maximum Gasteiger partial charge on any atom is 0.416 e. The molecule has 1 unspecified atom stereocenters. The van der Waals surface area contributed by atoms with E-state index in [0.29, 0.717) is 29.4 Å². The number of aromatic nitrogens is 2. The minimum atomic E-state index is -4.97. The lowest BCUT2D eigenvalue weighted by molar-refractivity contribution is -0.143. The molecule has 1 N–H and O–H groups in total. The van der Waals surface area contributed by atoms with E-state index in [2.05, 4.69) is 46.7 Å². The van der Waals surface area contributed by atoms with Crippen LogP contribution in [0.5, 0.6) is 0 Å². The third-order valence-electron chi connectivity index (χ3n) is 5.70. The molecule has 1 aliphatic heterocycles. The van der Waals surface area contributed by atoms with Crippen molar-refractivity contribution < 1.29 is 36.2 Å². The van der Waals surface area contributed by atoms with Gasteiger partial charge in [0, 0.05) is 37.1 Å². The van der Waals surface area contributed by atoms with Gasteiger partial charge in [0.2, 0.25) is 5.95 Å². The molecule has 13 heteroatoms. The average Bonchev–Trinajstić information content (AvgIpc) is 2.75. The highest BCUT2D eigenvalue weighted by Gasteiger charge is 2.39. The van der Waals surface area contributed by atoms with Gasteiger partial charge < -0.3 is 14.9 Å². The van der Waals surface area contributed by atoms with E-state index in [0.717, 1.165) is 5.92 Å². The van der Waals surface area contributed by atoms with E-state index in [-0.39, 0.29) is 24.1 Å². The fraction of sp³-hybridized carbons (Fsp3) is 0.560. The number of amides is 1. The van der Waals surface area contributed by atoms with Gasteiger partial charge in [0.15, 0.2) is 0 Å². The number of piperidine rings is 1. The van der Waals surface area contributed by atoms with Crippen LogP contribution in [0.15, 0.2) is 35.1 Å². The first-order valence-corrected chi connectivity index (χ1v) is 12.7. The molecule has 0 aliphatic carbocycles. The van der Waals surface area contributed by atoms with Gasteiger partial charge >= 0.3 is 18.4 Å². The number of carbonyl (C=O) groups is 1. The van der Waals surface area contributed by atoms with Crippen LogP contribution in [0.25, 0.3) is 0 Å². The van der Waals surface area contributed by atoms with Gasteiger partial charge in [-0.05, 0) is 72.3 Å². The number of hydrogen-bond acceptors (Lipinski definition) is 4. The second kappa shape index (κ2) is 12.5. The standard InChI is InChI=1S/C21H21BrF6N4O2.C4H10/c1-11-3-17(4-12(2)32(11)19(33)34)31(18-29-8-16(22)9-30-18)10-13-5-14(20(23,24)25)7-15(6-13)21(26,27)28;1-4(2)3/h5-9,11-12,17H,3-4,10H2,1-2H3,(H,33,34);4H,1-3H3/t11-,12+,17?;. The van der Waals surface area contributed by atoms with E-state index >= 15 is 0 Å². The SMILES string of the molecule is CC(C)C.C[C@@H]1CC(N(Cc2cc(C(F)(F)F)cc(C(F)(F)F)c2)c2ncc(Br)cn2)C[C@H](C)N1C(=O)O. The van der Waals surface area contributed by atoms with E-state index < -0.39 is 47.7 Å². The maximum atomic E-state index is 13.3. The van der Waals surface area contributed by atoms with Crippen molar-refractivity contribution in [3.63, 3.8) is 0 Å². The van der Waals surface area contributed by atoms with Crippen molar-refractivity contribution >= 4 is 28.0 Å². The average molecular weight is 613 g/mol. The van der Waals surface area contributed by atoms with Crippen LogP contribution in [0.2, 0.25) is 0 Å². The van der Waals surface area contributed by atoms with E-state index in [1.807, 2.05) is 0 Å². The van der Waals surface area contributed by atoms with Crippen LogP contribution in [0.1, 0.15) is 64.2 Å². The molecular formula is C25H31BrF6N4O2. The fourth-order valence-corrected chi connectivity index (χ4v) is 4.51. The van der Waals surface area contributed by atoms with Gasteiger partial charge in [0.05, 0.1) is 15.6 Å². The number of rotatable bonds is 4. The Morgan fingerprint density at radius 1 is 1.00 bits per heavy atom. The number of carboxylic acid groups (broad SMARTS) is 1. The second-order valence-corrected chi connectivity index (χ2v) is 10.9. The molecule has 1 saturated heterocycles. The predicted molar refractivity (Wildman–Crippen MR) is 135 cm³/mol. The van der Waals surface area contributed by atoms with Crippen molar-refractivity contribution in [2.45, 2.75) is 84.5 Å². The summed E-state index contributed by atoms with van der Waals surface area (Å²) in [5.74, 6) is 0.947. The summed E-state index contributed by atoms with van der Waals surface area (Å²) in [6.07, 6.45) is -7.61. The summed E-state index contributed by atoms with van der Waals surface area (Å²) in [6, 6.07) is 0.152. The summed E-state index contributed by atoms with van der Waals surface area (Å²) < 4.78 is 80.6. The summed E-state index contributed by atoms with van der Waals surface area (Å²) in [4.78, 5) is 22.8.